The minimum Gasteiger partial charge on any atom is -0.273 e. The summed E-state index contributed by atoms with van der Waals surface area (Å²) < 4.78 is 2.01. The van der Waals surface area contributed by atoms with Crippen molar-refractivity contribution in [3.63, 3.8) is 0 Å². The van der Waals surface area contributed by atoms with E-state index >= 15 is 0 Å². The molecule has 0 spiro atoms. The lowest BCUT2D eigenvalue weighted by molar-refractivity contribution is 0.143. The van der Waals surface area contributed by atoms with Gasteiger partial charge < -0.3 is 0 Å². The molecule has 0 aliphatic heterocycles. The first kappa shape index (κ1) is 15.1. The van der Waals surface area contributed by atoms with Crippen molar-refractivity contribution < 1.29 is 0 Å². The molecule has 3 heteroatoms. The zero-order chi connectivity index (χ0) is 14.0. The molecule has 1 aromatic rings. The molecule has 1 aliphatic carbocycles. The van der Waals surface area contributed by atoms with E-state index in [-0.39, 0.29) is 0 Å². The van der Waals surface area contributed by atoms with Crippen LogP contribution in [0.4, 0.5) is 0 Å². The van der Waals surface area contributed by atoms with Gasteiger partial charge in [-0.15, -0.1) is 0 Å². The molecule has 2 rings (SSSR count). The number of rotatable bonds is 3. The van der Waals surface area contributed by atoms with Gasteiger partial charge in [-0.3, -0.25) is 4.68 Å². The summed E-state index contributed by atoms with van der Waals surface area (Å²) in [6.07, 6.45) is 8.42. The third kappa shape index (κ3) is 3.84. The van der Waals surface area contributed by atoms with Crippen molar-refractivity contribution in [3.05, 3.63) is 18.0 Å². The van der Waals surface area contributed by atoms with Crippen LogP contribution in [-0.4, -0.2) is 14.6 Å². The largest absolute Gasteiger partial charge is 0.273 e. The van der Waals surface area contributed by atoms with Crippen molar-refractivity contribution in [1.82, 2.24) is 9.78 Å². The van der Waals surface area contributed by atoms with Gasteiger partial charge in [-0.05, 0) is 55.4 Å². The lowest BCUT2D eigenvalue weighted by Crippen LogP contribution is -2.32. The molecule has 3 atom stereocenters. The summed E-state index contributed by atoms with van der Waals surface area (Å²) in [5.74, 6) is 1.69. The number of hydrogen-bond acceptors (Lipinski definition) is 1. The topological polar surface area (TPSA) is 17.8 Å². The third-order valence-corrected chi connectivity index (χ3v) is 6.01. The van der Waals surface area contributed by atoms with Gasteiger partial charge in [-0.2, -0.15) is 5.10 Å². The van der Waals surface area contributed by atoms with E-state index in [9.17, 15) is 0 Å². The van der Waals surface area contributed by atoms with Crippen LogP contribution in [0.2, 0.25) is 0 Å². The summed E-state index contributed by atoms with van der Waals surface area (Å²) in [7, 11) is 2.04. The summed E-state index contributed by atoms with van der Waals surface area (Å²) in [6.45, 7) is 7.18. The van der Waals surface area contributed by atoms with Gasteiger partial charge in [0.25, 0.3) is 0 Å². The lowest BCUT2D eigenvalue weighted by atomic mass is 9.68. The normalized spacial score (nSPS) is 28.6. The Labute approximate surface area is 126 Å². The molecule has 0 bridgehead atoms. The molecule has 0 amide bonds. The van der Waals surface area contributed by atoms with Crippen LogP contribution in [0.25, 0.3) is 0 Å². The number of alkyl halides is 1. The Hall–Kier alpha value is -0.310. The van der Waals surface area contributed by atoms with Crippen molar-refractivity contribution in [2.24, 2.45) is 24.3 Å². The summed E-state index contributed by atoms with van der Waals surface area (Å²) in [5.41, 5.74) is 1.82. The average molecular weight is 327 g/mol. The van der Waals surface area contributed by atoms with E-state index in [1.165, 1.54) is 31.4 Å². The molecule has 1 fully saturated rings. The maximum Gasteiger partial charge on any atom is 0.0492 e. The second-order valence-corrected chi connectivity index (χ2v) is 8.31. The highest BCUT2D eigenvalue weighted by Crippen LogP contribution is 2.43. The molecule has 1 aromatic heterocycles. The standard InChI is InChI=1S/C16H27BrN2/c1-16(2,3)13-6-8-15(17)12(11-13)5-7-14-9-10-18-19(14)4/h9-10,12-13,15H,5-8,11H2,1-4H3. The number of halogens is 1. The predicted octanol–water partition coefficient (Wildman–Crippen LogP) is 4.58. The summed E-state index contributed by atoms with van der Waals surface area (Å²) in [5, 5.41) is 4.26. The quantitative estimate of drug-likeness (QED) is 0.743. The number of aromatic nitrogens is 2. The van der Waals surface area contributed by atoms with Gasteiger partial charge in [0.15, 0.2) is 0 Å². The third-order valence-electron chi connectivity index (χ3n) is 4.81. The van der Waals surface area contributed by atoms with E-state index in [1.807, 2.05) is 17.9 Å². The molecule has 3 unspecified atom stereocenters. The van der Waals surface area contributed by atoms with Crippen LogP contribution in [0.3, 0.4) is 0 Å². The second-order valence-electron chi connectivity index (χ2n) is 7.14. The molecule has 0 aromatic carbocycles. The first-order valence-electron chi connectivity index (χ1n) is 7.49. The molecule has 1 aliphatic rings. The van der Waals surface area contributed by atoms with Crippen LogP contribution in [-0.2, 0) is 13.5 Å². The molecule has 108 valence electrons. The molecule has 2 nitrogen and oxygen atoms in total. The maximum atomic E-state index is 4.26. The monoisotopic (exact) mass is 326 g/mol. The van der Waals surface area contributed by atoms with Crippen molar-refractivity contribution in [2.45, 2.75) is 57.7 Å². The van der Waals surface area contributed by atoms with E-state index in [1.54, 1.807) is 0 Å². The zero-order valence-corrected chi connectivity index (χ0v) is 14.3. The molecule has 19 heavy (non-hydrogen) atoms. The molecular formula is C16H27BrN2. The summed E-state index contributed by atoms with van der Waals surface area (Å²) in [4.78, 5) is 0.708. The van der Waals surface area contributed by atoms with Gasteiger partial charge in [-0.25, -0.2) is 0 Å². The number of aryl methyl sites for hydroxylation is 2. The van der Waals surface area contributed by atoms with Crippen LogP contribution in [0.15, 0.2) is 12.3 Å². The van der Waals surface area contributed by atoms with Gasteiger partial charge in [0.2, 0.25) is 0 Å². The fraction of sp³-hybridized carbons (Fsp3) is 0.812. The highest BCUT2D eigenvalue weighted by molar-refractivity contribution is 9.09. The molecule has 0 radical (unpaired) electrons. The minimum atomic E-state index is 0.456. The van der Waals surface area contributed by atoms with Gasteiger partial charge in [-0.1, -0.05) is 36.7 Å². The molecule has 0 N–H and O–H groups in total. The fourth-order valence-electron chi connectivity index (χ4n) is 3.29. The van der Waals surface area contributed by atoms with E-state index in [0.717, 1.165) is 18.3 Å². The number of hydrogen-bond donors (Lipinski definition) is 0. The van der Waals surface area contributed by atoms with Crippen LogP contribution in [0.5, 0.6) is 0 Å². The van der Waals surface area contributed by atoms with Crippen molar-refractivity contribution >= 4 is 15.9 Å². The van der Waals surface area contributed by atoms with Crippen LogP contribution in [0.1, 0.15) is 52.1 Å². The van der Waals surface area contributed by atoms with E-state index in [2.05, 4.69) is 47.9 Å². The molecular weight excluding hydrogens is 300 g/mol. The molecule has 0 saturated heterocycles. The Morgan fingerprint density at radius 1 is 1.37 bits per heavy atom. The van der Waals surface area contributed by atoms with Crippen LogP contribution in [0, 0.1) is 17.3 Å². The SMILES string of the molecule is Cn1nccc1CCC1CC(C(C)(C)C)CCC1Br. The molecule has 1 saturated carbocycles. The average Bonchev–Trinajstić information content (AvgIpc) is 2.72. The summed E-state index contributed by atoms with van der Waals surface area (Å²) in [6, 6.07) is 2.15. The highest BCUT2D eigenvalue weighted by atomic mass is 79.9. The van der Waals surface area contributed by atoms with Gasteiger partial charge in [0.1, 0.15) is 0 Å². The second kappa shape index (κ2) is 5.99. The first-order chi connectivity index (χ1) is 8.88. The fourth-order valence-corrected chi connectivity index (χ4v) is 4.04. The minimum absolute atomic E-state index is 0.456. The van der Waals surface area contributed by atoms with Crippen molar-refractivity contribution in [1.29, 1.82) is 0 Å². The van der Waals surface area contributed by atoms with Gasteiger partial charge >= 0.3 is 0 Å². The van der Waals surface area contributed by atoms with E-state index in [0.29, 0.717) is 10.2 Å². The van der Waals surface area contributed by atoms with E-state index in [4.69, 9.17) is 0 Å². The smallest absolute Gasteiger partial charge is 0.0492 e. The van der Waals surface area contributed by atoms with Crippen LogP contribution < -0.4 is 0 Å². The van der Waals surface area contributed by atoms with Crippen LogP contribution >= 0.6 is 15.9 Å². The lowest BCUT2D eigenvalue weighted by Gasteiger charge is -2.40. The Morgan fingerprint density at radius 2 is 2.11 bits per heavy atom. The van der Waals surface area contributed by atoms with E-state index < -0.39 is 0 Å². The zero-order valence-electron chi connectivity index (χ0n) is 12.7. The maximum absolute atomic E-state index is 4.26. The Bertz CT molecular complexity index is 405. The number of nitrogens with zero attached hydrogens (tertiary/aromatic N) is 2. The Balaban J connectivity index is 1.93. The van der Waals surface area contributed by atoms with Gasteiger partial charge in [0, 0.05) is 23.8 Å². The Morgan fingerprint density at radius 3 is 2.68 bits per heavy atom. The first-order valence-corrected chi connectivity index (χ1v) is 8.40. The van der Waals surface area contributed by atoms with Gasteiger partial charge in [0.05, 0.1) is 0 Å². The summed E-state index contributed by atoms with van der Waals surface area (Å²) >= 11 is 3.91. The van der Waals surface area contributed by atoms with Crippen molar-refractivity contribution in [3.8, 4) is 0 Å². The molecule has 1 heterocycles. The Kier molecular flexibility index (Phi) is 4.75. The predicted molar refractivity (Wildman–Crippen MR) is 84.5 cm³/mol. The highest BCUT2D eigenvalue weighted by Gasteiger charge is 2.34. The van der Waals surface area contributed by atoms with Crippen molar-refractivity contribution in [2.75, 3.05) is 0 Å².